The quantitative estimate of drug-likeness (QED) is 0.504. The first-order valence-electron chi connectivity index (χ1n) is 5.48. The van der Waals surface area contributed by atoms with Gasteiger partial charge in [0.15, 0.2) is 0 Å². The summed E-state index contributed by atoms with van der Waals surface area (Å²) in [6.07, 6.45) is 2.18. The molecular weight excluding hydrogens is 202 g/mol. The largest absolute Gasteiger partial charge is 0.397 e. The van der Waals surface area contributed by atoms with Crippen LogP contribution in [-0.4, -0.2) is 12.5 Å². The topological polar surface area (TPSA) is 81.1 Å². The van der Waals surface area contributed by atoms with Crippen molar-refractivity contribution in [2.24, 2.45) is 5.73 Å². The second-order valence-electron chi connectivity index (χ2n) is 3.89. The summed E-state index contributed by atoms with van der Waals surface area (Å²) < 4.78 is 0. The Labute approximate surface area is 96.0 Å². The maximum absolute atomic E-state index is 10.5. The smallest absolute Gasteiger partial charge is 0.217 e. The van der Waals surface area contributed by atoms with Crippen molar-refractivity contribution in [3.05, 3.63) is 23.8 Å². The average Bonchev–Trinajstić information content (AvgIpc) is 2.21. The fourth-order valence-corrected chi connectivity index (χ4v) is 1.57. The van der Waals surface area contributed by atoms with Crippen LogP contribution in [0, 0.1) is 6.92 Å². The van der Waals surface area contributed by atoms with Gasteiger partial charge in [0, 0.05) is 13.0 Å². The summed E-state index contributed by atoms with van der Waals surface area (Å²) in [6, 6.07) is 5.82. The minimum absolute atomic E-state index is 0.240. The number of hydrogen-bond donors (Lipinski definition) is 3. The third-order valence-electron chi connectivity index (χ3n) is 2.46. The van der Waals surface area contributed by atoms with E-state index < -0.39 is 0 Å². The Morgan fingerprint density at radius 1 is 1.38 bits per heavy atom. The van der Waals surface area contributed by atoms with E-state index in [1.807, 2.05) is 25.1 Å². The monoisotopic (exact) mass is 221 g/mol. The first kappa shape index (κ1) is 12.4. The summed E-state index contributed by atoms with van der Waals surface area (Å²) in [7, 11) is 0. The molecule has 16 heavy (non-hydrogen) atoms. The first-order valence-corrected chi connectivity index (χ1v) is 5.48. The Kier molecular flexibility index (Phi) is 4.64. The van der Waals surface area contributed by atoms with Gasteiger partial charge in [0.2, 0.25) is 5.91 Å². The zero-order valence-electron chi connectivity index (χ0n) is 9.62. The van der Waals surface area contributed by atoms with E-state index in [0.717, 1.165) is 36.3 Å². The van der Waals surface area contributed by atoms with Crippen LogP contribution in [0.4, 0.5) is 11.4 Å². The summed E-state index contributed by atoms with van der Waals surface area (Å²) in [5.41, 5.74) is 13.8. The van der Waals surface area contributed by atoms with Gasteiger partial charge in [0.25, 0.3) is 0 Å². The van der Waals surface area contributed by atoms with Crippen LogP contribution < -0.4 is 16.8 Å². The van der Waals surface area contributed by atoms with E-state index in [2.05, 4.69) is 5.32 Å². The third kappa shape index (κ3) is 3.81. The number of nitrogens with one attached hydrogen (secondary N) is 1. The molecule has 0 aliphatic rings. The number of carbonyl (C=O) groups is 1. The number of nitrogen functional groups attached to an aromatic ring is 1. The number of anilines is 2. The molecule has 0 heterocycles. The van der Waals surface area contributed by atoms with Gasteiger partial charge in [-0.3, -0.25) is 4.79 Å². The van der Waals surface area contributed by atoms with Gasteiger partial charge in [0.05, 0.1) is 11.4 Å². The lowest BCUT2D eigenvalue weighted by Gasteiger charge is -2.11. The third-order valence-corrected chi connectivity index (χ3v) is 2.46. The van der Waals surface area contributed by atoms with Crippen molar-refractivity contribution in [1.82, 2.24) is 0 Å². The molecule has 1 rings (SSSR count). The van der Waals surface area contributed by atoms with Crippen molar-refractivity contribution >= 4 is 17.3 Å². The SMILES string of the molecule is Cc1cccc(N)c1NCCCCC(N)=O. The summed E-state index contributed by atoms with van der Waals surface area (Å²) in [4.78, 5) is 10.5. The van der Waals surface area contributed by atoms with E-state index in [0.29, 0.717) is 6.42 Å². The van der Waals surface area contributed by atoms with Gasteiger partial charge in [-0.05, 0) is 31.4 Å². The van der Waals surface area contributed by atoms with Crippen LogP contribution in [0.2, 0.25) is 0 Å². The van der Waals surface area contributed by atoms with Crippen molar-refractivity contribution in [2.75, 3.05) is 17.6 Å². The minimum atomic E-state index is -0.240. The van der Waals surface area contributed by atoms with Crippen molar-refractivity contribution in [3.8, 4) is 0 Å². The van der Waals surface area contributed by atoms with E-state index in [1.54, 1.807) is 0 Å². The number of hydrogen-bond acceptors (Lipinski definition) is 3. The van der Waals surface area contributed by atoms with E-state index in [1.165, 1.54) is 0 Å². The minimum Gasteiger partial charge on any atom is -0.397 e. The molecule has 0 saturated heterocycles. The standard InChI is InChI=1S/C12H19N3O/c1-9-5-4-6-10(13)12(9)15-8-3-2-7-11(14)16/h4-6,15H,2-3,7-8,13H2,1H3,(H2,14,16). The average molecular weight is 221 g/mol. The van der Waals surface area contributed by atoms with E-state index in [4.69, 9.17) is 11.5 Å². The predicted octanol–water partition coefficient (Wildman–Crippen LogP) is 1.64. The molecule has 0 bridgehead atoms. The summed E-state index contributed by atoms with van der Waals surface area (Å²) in [5.74, 6) is -0.240. The lowest BCUT2D eigenvalue weighted by Crippen LogP contribution is -2.11. The molecule has 5 N–H and O–H groups in total. The molecule has 0 atom stereocenters. The van der Waals surface area contributed by atoms with E-state index >= 15 is 0 Å². The zero-order valence-corrected chi connectivity index (χ0v) is 9.62. The van der Waals surface area contributed by atoms with Crippen LogP contribution in [0.25, 0.3) is 0 Å². The normalized spacial score (nSPS) is 10.1. The highest BCUT2D eigenvalue weighted by Gasteiger charge is 2.01. The number of rotatable bonds is 6. The van der Waals surface area contributed by atoms with Gasteiger partial charge >= 0.3 is 0 Å². The van der Waals surface area contributed by atoms with Crippen molar-refractivity contribution in [3.63, 3.8) is 0 Å². The molecule has 1 aromatic rings. The molecule has 0 aliphatic heterocycles. The molecule has 0 saturated carbocycles. The number of amides is 1. The number of primary amides is 1. The van der Waals surface area contributed by atoms with Crippen LogP contribution in [0.3, 0.4) is 0 Å². The van der Waals surface area contributed by atoms with Crippen molar-refractivity contribution in [1.29, 1.82) is 0 Å². The van der Waals surface area contributed by atoms with E-state index in [-0.39, 0.29) is 5.91 Å². The lowest BCUT2D eigenvalue weighted by molar-refractivity contribution is -0.118. The van der Waals surface area contributed by atoms with Crippen LogP contribution in [0.1, 0.15) is 24.8 Å². The molecule has 0 fully saturated rings. The molecular formula is C12H19N3O. The van der Waals surface area contributed by atoms with E-state index in [9.17, 15) is 4.79 Å². The lowest BCUT2D eigenvalue weighted by atomic mass is 10.1. The van der Waals surface area contributed by atoms with Crippen molar-refractivity contribution in [2.45, 2.75) is 26.2 Å². The fourth-order valence-electron chi connectivity index (χ4n) is 1.57. The van der Waals surface area contributed by atoms with Gasteiger partial charge in [-0.15, -0.1) is 0 Å². The Bertz CT molecular complexity index is 343. The number of unbranched alkanes of at least 4 members (excludes halogenated alkanes) is 1. The zero-order chi connectivity index (χ0) is 12.0. The molecule has 1 aromatic carbocycles. The van der Waals surface area contributed by atoms with Gasteiger partial charge in [-0.25, -0.2) is 0 Å². The van der Waals surface area contributed by atoms with Gasteiger partial charge in [0.1, 0.15) is 0 Å². The summed E-state index contributed by atoms with van der Waals surface area (Å²) in [6.45, 7) is 2.82. The van der Waals surface area contributed by atoms with Gasteiger partial charge in [-0.1, -0.05) is 12.1 Å². The Morgan fingerprint density at radius 2 is 2.12 bits per heavy atom. The number of carbonyl (C=O) groups excluding carboxylic acids is 1. The Morgan fingerprint density at radius 3 is 2.75 bits per heavy atom. The maximum Gasteiger partial charge on any atom is 0.217 e. The number of aryl methyl sites for hydroxylation is 1. The first-order chi connectivity index (χ1) is 7.61. The predicted molar refractivity (Wildman–Crippen MR) is 67.1 cm³/mol. The second-order valence-corrected chi connectivity index (χ2v) is 3.89. The van der Waals surface area contributed by atoms with Crippen LogP contribution in [-0.2, 0) is 4.79 Å². The highest BCUT2D eigenvalue weighted by Crippen LogP contribution is 2.22. The van der Waals surface area contributed by atoms with Gasteiger partial charge < -0.3 is 16.8 Å². The molecule has 4 nitrogen and oxygen atoms in total. The summed E-state index contributed by atoms with van der Waals surface area (Å²) in [5, 5.41) is 3.28. The molecule has 0 radical (unpaired) electrons. The maximum atomic E-state index is 10.5. The highest BCUT2D eigenvalue weighted by atomic mass is 16.1. The molecule has 0 aliphatic carbocycles. The van der Waals surface area contributed by atoms with Crippen LogP contribution >= 0.6 is 0 Å². The molecule has 0 unspecified atom stereocenters. The number of para-hydroxylation sites is 1. The highest BCUT2D eigenvalue weighted by molar-refractivity contribution is 5.73. The Balaban J connectivity index is 2.34. The van der Waals surface area contributed by atoms with Gasteiger partial charge in [-0.2, -0.15) is 0 Å². The molecule has 88 valence electrons. The number of nitrogens with two attached hydrogens (primary N) is 2. The fraction of sp³-hybridized carbons (Fsp3) is 0.417. The molecule has 0 spiro atoms. The molecule has 1 amide bonds. The molecule has 0 aromatic heterocycles. The van der Waals surface area contributed by atoms with Crippen LogP contribution in [0.5, 0.6) is 0 Å². The van der Waals surface area contributed by atoms with Crippen LogP contribution in [0.15, 0.2) is 18.2 Å². The Hall–Kier alpha value is -1.71. The molecule has 4 heteroatoms. The van der Waals surface area contributed by atoms with Crippen molar-refractivity contribution < 1.29 is 4.79 Å². The summed E-state index contributed by atoms with van der Waals surface area (Å²) >= 11 is 0. The second kappa shape index (κ2) is 6.00. The number of benzene rings is 1.